The van der Waals surface area contributed by atoms with Crippen molar-refractivity contribution in [2.24, 2.45) is 0 Å². The van der Waals surface area contributed by atoms with Crippen LogP contribution in [0.5, 0.6) is 0 Å². The van der Waals surface area contributed by atoms with Crippen LogP contribution in [0.2, 0.25) is 0 Å². The molecule has 13 heavy (non-hydrogen) atoms. The van der Waals surface area contributed by atoms with Gasteiger partial charge in [0.2, 0.25) is 0 Å². The molecule has 0 unspecified atom stereocenters. The maximum Gasteiger partial charge on any atom is 0.307 e. The van der Waals surface area contributed by atoms with Crippen LogP contribution >= 0.6 is 0 Å². The minimum atomic E-state index is -0.110. The fourth-order valence-corrected chi connectivity index (χ4v) is 1.40. The minimum Gasteiger partial charge on any atom is -0.466 e. The minimum absolute atomic E-state index is 0.110. The maximum absolute atomic E-state index is 10.9. The lowest BCUT2D eigenvalue weighted by Gasteiger charge is -2.10. The third-order valence-corrected chi connectivity index (χ3v) is 2.08. The van der Waals surface area contributed by atoms with Crippen molar-refractivity contribution in [2.75, 3.05) is 13.2 Å². The fourth-order valence-electron chi connectivity index (χ4n) is 1.40. The van der Waals surface area contributed by atoms with Gasteiger partial charge in [0, 0.05) is 12.6 Å². The Morgan fingerprint density at radius 1 is 1.54 bits per heavy atom. The van der Waals surface area contributed by atoms with E-state index in [4.69, 9.17) is 4.74 Å². The highest BCUT2D eigenvalue weighted by Gasteiger charge is 2.09. The van der Waals surface area contributed by atoms with Crippen molar-refractivity contribution in [2.45, 2.75) is 32.2 Å². The Morgan fingerprint density at radius 2 is 2.23 bits per heavy atom. The Bertz CT molecular complexity index is 181. The summed E-state index contributed by atoms with van der Waals surface area (Å²) < 4.78 is 4.81. The first kappa shape index (κ1) is 10.3. The lowest BCUT2D eigenvalue weighted by Crippen LogP contribution is -2.28. The number of hydrogen-bond donors (Lipinski definition) is 1. The van der Waals surface area contributed by atoms with Crippen LogP contribution in [0.25, 0.3) is 0 Å². The van der Waals surface area contributed by atoms with Crippen molar-refractivity contribution in [3.05, 3.63) is 12.2 Å². The van der Waals surface area contributed by atoms with Crippen molar-refractivity contribution >= 4 is 5.97 Å². The van der Waals surface area contributed by atoms with Crippen LogP contribution in [-0.4, -0.2) is 25.2 Å². The molecule has 0 atom stereocenters. The third-order valence-electron chi connectivity index (χ3n) is 2.08. The Kier molecular flexibility index (Phi) is 4.54. The Morgan fingerprint density at radius 3 is 2.85 bits per heavy atom. The second kappa shape index (κ2) is 5.75. The molecule has 0 bridgehead atoms. The van der Waals surface area contributed by atoms with Gasteiger partial charge in [-0.1, -0.05) is 12.2 Å². The van der Waals surface area contributed by atoms with Gasteiger partial charge in [0.05, 0.1) is 13.0 Å². The summed E-state index contributed by atoms with van der Waals surface area (Å²) in [4.78, 5) is 10.9. The largest absolute Gasteiger partial charge is 0.466 e. The third kappa shape index (κ3) is 4.08. The van der Waals surface area contributed by atoms with E-state index in [1.165, 1.54) is 0 Å². The lowest BCUT2D eigenvalue weighted by molar-refractivity contribution is -0.142. The van der Waals surface area contributed by atoms with E-state index >= 15 is 0 Å². The maximum atomic E-state index is 10.9. The summed E-state index contributed by atoms with van der Waals surface area (Å²) in [5.74, 6) is -0.110. The SMILES string of the molecule is CCOC(=O)CCNC1CC=CC1. The van der Waals surface area contributed by atoms with E-state index in [0.29, 0.717) is 19.1 Å². The summed E-state index contributed by atoms with van der Waals surface area (Å²) in [6.07, 6.45) is 6.99. The highest BCUT2D eigenvalue weighted by atomic mass is 16.5. The van der Waals surface area contributed by atoms with Gasteiger partial charge in [-0.2, -0.15) is 0 Å². The van der Waals surface area contributed by atoms with Gasteiger partial charge < -0.3 is 10.1 Å². The summed E-state index contributed by atoms with van der Waals surface area (Å²) in [6.45, 7) is 3.03. The van der Waals surface area contributed by atoms with E-state index in [1.807, 2.05) is 6.92 Å². The van der Waals surface area contributed by atoms with E-state index in [2.05, 4.69) is 17.5 Å². The van der Waals surface area contributed by atoms with E-state index in [1.54, 1.807) is 0 Å². The lowest BCUT2D eigenvalue weighted by atomic mass is 10.2. The second-order valence-electron chi connectivity index (χ2n) is 3.15. The van der Waals surface area contributed by atoms with E-state index < -0.39 is 0 Å². The van der Waals surface area contributed by atoms with Gasteiger partial charge >= 0.3 is 5.97 Å². The predicted octanol–water partition coefficient (Wildman–Crippen LogP) is 1.25. The zero-order valence-electron chi connectivity index (χ0n) is 8.08. The fraction of sp³-hybridized carbons (Fsp3) is 0.700. The molecule has 0 aromatic heterocycles. The molecule has 0 heterocycles. The van der Waals surface area contributed by atoms with Crippen LogP contribution in [0.4, 0.5) is 0 Å². The molecule has 0 fully saturated rings. The molecule has 1 aliphatic rings. The molecule has 74 valence electrons. The number of hydrogen-bond acceptors (Lipinski definition) is 3. The molecule has 0 radical (unpaired) electrons. The first-order valence-electron chi connectivity index (χ1n) is 4.87. The molecular formula is C10H17NO2. The highest BCUT2D eigenvalue weighted by molar-refractivity contribution is 5.69. The molecule has 3 nitrogen and oxygen atoms in total. The monoisotopic (exact) mass is 183 g/mol. The van der Waals surface area contributed by atoms with Crippen molar-refractivity contribution in [3.63, 3.8) is 0 Å². The van der Waals surface area contributed by atoms with Gasteiger partial charge in [-0.25, -0.2) is 0 Å². The van der Waals surface area contributed by atoms with Crippen LogP contribution in [-0.2, 0) is 9.53 Å². The average molecular weight is 183 g/mol. The molecule has 0 aliphatic heterocycles. The van der Waals surface area contributed by atoms with Gasteiger partial charge in [-0.15, -0.1) is 0 Å². The molecule has 0 saturated carbocycles. The first-order valence-corrected chi connectivity index (χ1v) is 4.87. The van der Waals surface area contributed by atoms with Crippen molar-refractivity contribution in [3.8, 4) is 0 Å². The zero-order valence-corrected chi connectivity index (χ0v) is 8.08. The number of rotatable bonds is 5. The normalized spacial score (nSPS) is 16.4. The predicted molar refractivity (Wildman–Crippen MR) is 51.4 cm³/mol. The standard InChI is InChI=1S/C10H17NO2/c1-2-13-10(12)7-8-11-9-5-3-4-6-9/h3-4,9,11H,2,5-8H2,1H3. The molecule has 0 aromatic carbocycles. The van der Waals surface area contributed by atoms with Gasteiger partial charge in [0.25, 0.3) is 0 Å². The Hall–Kier alpha value is -0.830. The van der Waals surface area contributed by atoms with Gasteiger partial charge in [0.1, 0.15) is 0 Å². The second-order valence-corrected chi connectivity index (χ2v) is 3.15. The van der Waals surface area contributed by atoms with Crippen LogP contribution in [0, 0.1) is 0 Å². The van der Waals surface area contributed by atoms with Crippen LogP contribution in [0.1, 0.15) is 26.2 Å². The first-order chi connectivity index (χ1) is 6.33. The molecule has 1 aliphatic carbocycles. The molecule has 0 aromatic rings. The topological polar surface area (TPSA) is 38.3 Å². The number of carbonyl (C=O) groups is 1. The number of esters is 1. The quantitative estimate of drug-likeness (QED) is 0.515. The zero-order chi connectivity index (χ0) is 9.52. The molecule has 0 amide bonds. The molecular weight excluding hydrogens is 166 g/mol. The van der Waals surface area contributed by atoms with Gasteiger partial charge in [-0.3, -0.25) is 4.79 Å². The van der Waals surface area contributed by atoms with E-state index in [-0.39, 0.29) is 5.97 Å². The van der Waals surface area contributed by atoms with Gasteiger partial charge in [0.15, 0.2) is 0 Å². The summed E-state index contributed by atoms with van der Waals surface area (Å²) in [6, 6.07) is 0.537. The summed E-state index contributed by atoms with van der Waals surface area (Å²) in [5, 5.41) is 3.31. The van der Waals surface area contributed by atoms with Crippen LogP contribution in [0.3, 0.4) is 0 Å². The molecule has 3 heteroatoms. The van der Waals surface area contributed by atoms with E-state index in [0.717, 1.165) is 19.4 Å². The number of ether oxygens (including phenoxy) is 1. The van der Waals surface area contributed by atoms with Crippen molar-refractivity contribution in [1.29, 1.82) is 0 Å². The molecule has 0 saturated heterocycles. The van der Waals surface area contributed by atoms with Gasteiger partial charge in [-0.05, 0) is 19.8 Å². The number of nitrogens with one attached hydrogen (secondary N) is 1. The average Bonchev–Trinajstić information content (AvgIpc) is 2.57. The highest BCUT2D eigenvalue weighted by Crippen LogP contribution is 2.08. The smallest absolute Gasteiger partial charge is 0.307 e. The van der Waals surface area contributed by atoms with E-state index in [9.17, 15) is 4.79 Å². The molecule has 1 rings (SSSR count). The Labute approximate surface area is 79.2 Å². The van der Waals surface area contributed by atoms with Crippen LogP contribution in [0.15, 0.2) is 12.2 Å². The molecule has 1 N–H and O–H groups in total. The Balaban J connectivity index is 1.97. The van der Waals surface area contributed by atoms with Crippen LogP contribution < -0.4 is 5.32 Å². The number of carbonyl (C=O) groups excluding carboxylic acids is 1. The molecule has 0 spiro atoms. The summed E-state index contributed by atoms with van der Waals surface area (Å²) >= 11 is 0. The summed E-state index contributed by atoms with van der Waals surface area (Å²) in [5.41, 5.74) is 0. The van der Waals surface area contributed by atoms with Crippen molar-refractivity contribution < 1.29 is 9.53 Å². The summed E-state index contributed by atoms with van der Waals surface area (Å²) in [7, 11) is 0. The van der Waals surface area contributed by atoms with Crippen molar-refractivity contribution in [1.82, 2.24) is 5.32 Å².